The van der Waals surface area contributed by atoms with Gasteiger partial charge in [0.1, 0.15) is 6.04 Å². The summed E-state index contributed by atoms with van der Waals surface area (Å²) in [6, 6.07) is 6.35. The molecular formula is C17H24N4O3S. The molecule has 0 bridgehead atoms. The minimum Gasteiger partial charge on any atom is -0.338 e. The molecule has 1 fully saturated rings. The van der Waals surface area contributed by atoms with E-state index < -0.39 is 6.04 Å². The minimum atomic E-state index is -0.507. The van der Waals surface area contributed by atoms with Gasteiger partial charge in [0.25, 0.3) is 5.91 Å². The fraction of sp³-hybridized carbons (Fsp3) is 0.471. The summed E-state index contributed by atoms with van der Waals surface area (Å²) in [6.07, 6.45) is 3.96. The van der Waals surface area contributed by atoms with E-state index >= 15 is 0 Å². The second-order valence-corrected chi connectivity index (χ2v) is 6.82. The van der Waals surface area contributed by atoms with Crippen LogP contribution in [0.2, 0.25) is 0 Å². The Morgan fingerprint density at radius 3 is 2.68 bits per heavy atom. The maximum Gasteiger partial charge on any atom is 0.329 e. The van der Waals surface area contributed by atoms with Crippen molar-refractivity contribution in [3.8, 4) is 0 Å². The number of para-hydroxylation sites is 1. The fourth-order valence-electron chi connectivity index (χ4n) is 2.60. The van der Waals surface area contributed by atoms with E-state index in [1.54, 1.807) is 20.2 Å². The van der Waals surface area contributed by atoms with Gasteiger partial charge in [0.15, 0.2) is 0 Å². The predicted molar refractivity (Wildman–Crippen MR) is 99.0 cm³/mol. The van der Waals surface area contributed by atoms with Crippen molar-refractivity contribution in [1.82, 2.24) is 15.5 Å². The van der Waals surface area contributed by atoms with E-state index in [1.165, 1.54) is 21.6 Å². The average Bonchev–Trinajstić information content (AvgIpc) is 2.88. The van der Waals surface area contributed by atoms with Gasteiger partial charge in [-0.15, -0.1) is 11.8 Å². The molecule has 2 N–H and O–H groups in total. The van der Waals surface area contributed by atoms with Crippen LogP contribution in [-0.2, 0) is 4.79 Å². The molecule has 7 nitrogen and oxygen atoms in total. The van der Waals surface area contributed by atoms with Crippen molar-refractivity contribution < 1.29 is 14.4 Å². The summed E-state index contributed by atoms with van der Waals surface area (Å²) in [7, 11) is 3.37. The number of anilines is 1. The first-order valence-electron chi connectivity index (χ1n) is 8.18. The van der Waals surface area contributed by atoms with E-state index in [0.29, 0.717) is 18.7 Å². The first kappa shape index (κ1) is 19.1. The molecule has 1 heterocycles. The van der Waals surface area contributed by atoms with Crippen LogP contribution in [0.15, 0.2) is 29.2 Å². The number of carbonyl (C=O) groups excluding carboxylic acids is 3. The smallest absolute Gasteiger partial charge is 0.329 e. The minimum absolute atomic E-state index is 0.134. The Kier molecular flexibility index (Phi) is 6.69. The summed E-state index contributed by atoms with van der Waals surface area (Å²) in [4.78, 5) is 39.8. The second kappa shape index (κ2) is 8.75. The molecule has 136 valence electrons. The quantitative estimate of drug-likeness (QED) is 0.442. The fourth-order valence-corrected chi connectivity index (χ4v) is 3.18. The van der Waals surface area contributed by atoms with Crippen molar-refractivity contribution in [2.24, 2.45) is 0 Å². The third kappa shape index (κ3) is 4.66. The van der Waals surface area contributed by atoms with E-state index in [0.717, 1.165) is 17.7 Å². The number of hydrogen-bond donors (Lipinski definition) is 2. The van der Waals surface area contributed by atoms with Crippen molar-refractivity contribution >= 4 is 35.4 Å². The van der Waals surface area contributed by atoms with Crippen LogP contribution in [-0.4, -0.2) is 55.8 Å². The highest BCUT2D eigenvalue weighted by molar-refractivity contribution is 7.98. The van der Waals surface area contributed by atoms with E-state index in [4.69, 9.17) is 0 Å². The van der Waals surface area contributed by atoms with Crippen molar-refractivity contribution in [3.05, 3.63) is 24.3 Å². The van der Waals surface area contributed by atoms with Crippen molar-refractivity contribution in [2.45, 2.75) is 30.2 Å². The predicted octanol–water partition coefficient (Wildman–Crippen LogP) is 2.27. The zero-order valence-corrected chi connectivity index (χ0v) is 15.6. The number of nitrogens with one attached hydrogen (secondary N) is 2. The summed E-state index contributed by atoms with van der Waals surface area (Å²) >= 11 is 1.50. The Hall–Kier alpha value is -2.22. The van der Waals surface area contributed by atoms with Gasteiger partial charge >= 0.3 is 12.1 Å². The molecule has 1 aromatic carbocycles. The number of nitrogens with zero attached hydrogens (tertiary/aromatic N) is 2. The zero-order valence-electron chi connectivity index (χ0n) is 14.7. The van der Waals surface area contributed by atoms with Gasteiger partial charge in [-0.25, -0.2) is 14.5 Å². The average molecular weight is 364 g/mol. The molecule has 0 unspecified atom stereocenters. The Morgan fingerprint density at radius 1 is 1.28 bits per heavy atom. The highest BCUT2D eigenvalue weighted by Crippen LogP contribution is 2.31. The molecule has 0 spiro atoms. The van der Waals surface area contributed by atoms with Gasteiger partial charge in [0.05, 0.1) is 5.69 Å². The summed E-state index contributed by atoms with van der Waals surface area (Å²) in [6.45, 7) is 0.547. The Morgan fingerprint density at radius 2 is 2.00 bits per heavy atom. The summed E-state index contributed by atoms with van der Waals surface area (Å²) in [5, 5.41) is 5.53. The van der Waals surface area contributed by atoms with Gasteiger partial charge in [0.2, 0.25) is 0 Å². The van der Waals surface area contributed by atoms with Crippen LogP contribution in [0.5, 0.6) is 0 Å². The highest BCUT2D eigenvalue weighted by Gasteiger charge is 2.39. The third-order valence-corrected chi connectivity index (χ3v) is 4.73. The largest absolute Gasteiger partial charge is 0.338 e. The van der Waals surface area contributed by atoms with Crippen LogP contribution in [0.4, 0.5) is 15.3 Å². The zero-order chi connectivity index (χ0) is 18.4. The van der Waals surface area contributed by atoms with Gasteiger partial charge < -0.3 is 15.5 Å². The molecule has 5 amide bonds. The van der Waals surface area contributed by atoms with Crippen LogP contribution in [0.1, 0.15) is 19.3 Å². The van der Waals surface area contributed by atoms with Crippen LogP contribution >= 0.6 is 11.8 Å². The number of thioether (sulfide) groups is 1. The molecule has 2 rings (SSSR count). The third-order valence-electron chi connectivity index (χ3n) is 3.95. The molecule has 0 saturated carbocycles. The molecule has 0 radical (unpaired) electrons. The van der Waals surface area contributed by atoms with Gasteiger partial charge in [0, 0.05) is 25.5 Å². The van der Waals surface area contributed by atoms with Crippen LogP contribution in [0, 0.1) is 0 Å². The van der Waals surface area contributed by atoms with E-state index in [2.05, 4.69) is 10.6 Å². The molecule has 25 heavy (non-hydrogen) atoms. The van der Waals surface area contributed by atoms with Gasteiger partial charge in [-0.3, -0.25) is 4.79 Å². The van der Waals surface area contributed by atoms with Crippen molar-refractivity contribution in [3.63, 3.8) is 0 Å². The standard InChI is InChI=1S/C17H24N4O3S/c1-20(2)16(23)18-11-7-6-8-12-15(22)21(17(24)19-12)13-9-4-5-10-14(13)25-3/h4-5,9-10,12H,6-8,11H2,1-3H3,(H,18,23)(H,19,24)/t12-/m0/s1. The van der Waals surface area contributed by atoms with E-state index in [9.17, 15) is 14.4 Å². The van der Waals surface area contributed by atoms with Gasteiger partial charge in [-0.05, 0) is 37.7 Å². The number of rotatable bonds is 7. The Labute approximate surface area is 152 Å². The first-order valence-corrected chi connectivity index (χ1v) is 9.40. The lowest BCUT2D eigenvalue weighted by Gasteiger charge is -2.16. The number of hydrogen-bond acceptors (Lipinski definition) is 4. The maximum atomic E-state index is 12.6. The molecule has 8 heteroatoms. The van der Waals surface area contributed by atoms with Crippen LogP contribution in [0.3, 0.4) is 0 Å². The number of urea groups is 2. The Bertz CT molecular complexity index is 651. The van der Waals surface area contributed by atoms with Crippen LogP contribution < -0.4 is 15.5 Å². The normalized spacial score (nSPS) is 16.8. The lowest BCUT2D eigenvalue weighted by Crippen LogP contribution is -2.35. The number of imide groups is 1. The molecule has 1 saturated heterocycles. The molecule has 1 aliphatic rings. The molecule has 0 aliphatic carbocycles. The Balaban J connectivity index is 1.88. The molecule has 1 atom stereocenters. The van der Waals surface area contributed by atoms with Crippen molar-refractivity contribution in [2.75, 3.05) is 31.8 Å². The number of benzene rings is 1. The summed E-state index contributed by atoms with van der Waals surface area (Å²) in [5.41, 5.74) is 0.623. The van der Waals surface area contributed by atoms with E-state index in [1.807, 2.05) is 24.5 Å². The molecule has 0 aromatic heterocycles. The number of unbranched alkanes of at least 4 members (excludes halogenated alkanes) is 1. The van der Waals surface area contributed by atoms with Crippen molar-refractivity contribution in [1.29, 1.82) is 0 Å². The summed E-state index contributed by atoms with van der Waals surface area (Å²) < 4.78 is 0. The second-order valence-electron chi connectivity index (χ2n) is 5.97. The topological polar surface area (TPSA) is 81.8 Å². The lowest BCUT2D eigenvalue weighted by molar-refractivity contribution is -0.118. The SMILES string of the molecule is CSc1ccccc1N1C(=O)N[C@@H](CCCCNC(=O)N(C)C)C1=O. The van der Waals surface area contributed by atoms with Gasteiger partial charge in [-0.2, -0.15) is 0 Å². The monoisotopic (exact) mass is 364 g/mol. The molecule has 1 aromatic rings. The lowest BCUT2D eigenvalue weighted by atomic mass is 10.1. The number of carbonyl (C=O) groups is 3. The van der Waals surface area contributed by atoms with Crippen LogP contribution in [0.25, 0.3) is 0 Å². The highest BCUT2D eigenvalue weighted by atomic mass is 32.2. The molecular weight excluding hydrogens is 340 g/mol. The molecule has 1 aliphatic heterocycles. The number of amides is 5. The summed E-state index contributed by atoms with van der Waals surface area (Å²) in [5.74, 6) is -0.219. The van der Waals surface area contributed by atoms with Gasteiger partial charge in [-0.1, -0.05) is 12.1 Å². The first-order chi connectivity index (χ1) is 12.0. The van der Waals surface area contributed by atoms with E-state index in [-0.39, 0.29) is 18.0 Å². The maximum absolute atomic E-state index is 12.6.